The number of esters is 1. The summed E-state index contributed by atoms with van der Waals surface area (Å²) in [5.41, 5.74) is 1.45. The summed E-state index contributed by atoms with van der Waals surface area (Å²) in [6.45, 7) is 1.32. The molecule has 7 heteroatoms. The molecule has 0 fully saturated rings. The Morgan fingerprint density at radius 3 is 2.68 bits per heavy atom. The number of pyridine rings is 1. The first-order valence-electron chi connectivity index (χ1n) is 7.84. The monoisotopic (exact) mass is 342 g/mol. The Kier molecular flexibility index (Phi) is 6.47. The van der Waals surface area contributed by atoms with Crippen LogP contribution in [0.4, 0.5) is 11.5 Å². The average molecular weight is 342 g/mol. The van der Waals surface area contributed by atoms with E-state index in [9.17, 15) is 9.59 Å². The highest BCUT2D eigenvalue weighted by Crippen LogP contribution is 2.20. The smallest absolute Gasteiger partial charge is 0.339 e. The van der Waals surface area contributed by atoms with Crippen molar-refractivity contribution in [2.75, 3.05) is 39.6 Å². The molecule has 2 rings (SSSR count). The van der Waals surface area contributed by atoms with Crippen molar-refractivity contribution in [2.45, 2.75) is 0 Å². The van der Waals surface area contributed by atoms with Gasteiger partial charge in [-0.2, -0.15) is 0 Å². The van der Waals surface area contributed by atoms with Crippen molar-refractivity contribution in [1.82, 2.24) is 15.2 Å². The molecule has 0 bridgehead atoms. The van der Waals surface area contributed by atoms with Crippen LogP contribution in [-0.2, 0) is 4.74 Å². The second-order valence-electron chi connectivity index (χ2n) is 5.65. The van der Waals surface area contributed by atoms with Crippen LogP contribution in [0.1, 0.15) is 20.7 Å². The number of carbonyl (C=O) groups excluding carboxylic acids is 2. The molecule has 0 unspecified atom stereocenters. The van der Waals surface area contributed by atoms with Crippen LogP contribution in [0, 0.1) is 0 Å². The number of methoxy groups -OCH3 is 1. The number of hydrogen-bond acceptors (Lipinski definition) is 6. The highest BCUT2D eigenvalue weighted by molar-refractivity contribution is 5.97. The molecular formula is C18H22N4O3. The van der Waals surface area contributed by atoms with Crippen molar-refractivity contribution in [3.63, 3.8) is 0 Å². The predicted molar refractivity (Wildman–Crippen MR) is 96.2 cm³/mol. The predicted octanol–water partition coefficient (Wildman–Crippen LogP) is 1.90. The van der Waals surface area contributed by atoms with Gasteiger partial charge < -0.3 is 20.3 Å². The van der Waals surface area contributed by atoms with Crippen LogP contribution in [0.25, 0.3) is 0 Å². The van der Waals surface area contributed by atoms with Gasteiger partial charge in [-0.1, -0.05) is 12.1 Å². The van der Waals surface area contributed by atoms with Crippen LogP contribution < -0.4 is 10.6 Å². The minimum absolute atomic E-state index is 0.173. The molecule has 0 spiro atoms. The van der Waals surface area contributed by atoms with Crippen molar-refractivity contribution in [3.8, 4) is 0 Å². The highest BCUT2D eigenvalue weighted by atomic mass is 16.5. The fraction of sp³-hybridized carbons (Fsp3) is 0.278. The van der Waals surface area contributed by atoms with Crippen molar-refractivity contribution >= 4 is 23.4 Å². The van der Waals surface area contributed by atoms with Crippen LogP contribution in [0.5, 0.6) is 0 Å². The van der Waals surface area contributed by atoms with E-state index in [0.29, 0.717) is 29.2 Å². The lowest BCUT2D eigenvalue weighted by Gasteiger charge is -2.12. The Hall–Kier alpha value is -2.93. The average Bonchev–Trinajstić information content (AvgIpc) is 2.61. The number of likely N-dealkylation sites (N-methyl/N-ethyl adjacent to an activating group) is 1. The summed E-state index contributed by atoms with van der Waals surface area (Å²) < 4.78 is 4.77. The number of nitrogens with one attached hydrogen (secondary N) is 2. The third-order valence-electron chi connectivity index (χ3n) is 3.46. The fourth-order valence-electron chi connectivity index (χ4n) is 2.15. The van der Waals surface area contributed by atoms with E-state index in [4.69, 9.17) is 4.74 Å². The normalized spacial score (nSPS) is 10.4. The maximum atomic E-state index is 12.2. The van der Waals surface area contributed by atoms with E-state index in [2.05, 4.69) is 15.6 Å². The summed E-state index contributed by atoms with van der Waals surface area (Å²) in [6, 6.07) is 10.2. The number of ether oxygens (including phenoxy) is 1. The van der Waals surface area contributed by atoms with Gasteiger partial charge >= 0.3 is 5.97 Å². The van der Waals surface area contributed by atoms with Gasteiger partial charge in [-0.25, -0.2) is 9.78 Å². The van der Waals surface area contributed by atoms with Crippen LogP contribution in [0.2, 0.25) is 0 Å². The maximum Gasteiger partial charge on any atom is 0.339 e. The molecule has 0 aliphatic rings. The van der Waals surface area contributed by atoms with Crippen LogP contribution in [0.3, 0.4) is 0 Å². The number of nitrogens with zero attached hydrogens (tertiary/aromatic N) is 2. The van der Waals surface area contributed by atoms with Gasteiger partial charge in [0.25, 0.3) is 5.91 Å². The molecule has 2 N–H and O–H groups in total. The standard InChI is InChI=1S/C18H22N4O3/c1-22(2)11-10-20-17(23)13-8-9-19-16(12-13)21-15-7-5-4-6-14(15)18(24)25-3/h4-9,12H,10-11H2,1-3H3,(H,19,21)(H,20,23). The zero-order valence-corrected chi connectivity index (χ0v) is 14.6. The third-order valence-corrected chi connectivity index (χ3v) is 3.46. The SMILES string of the molecule is COC(=O)c1ccccc1Nc1cc(C(=O)NCCN(C)C)ccn1. The Morgan fingerprint density at radius 2 is 1.96 bits per heavy atom. The number of carbonyl (C=O) groups is 2. The number of rotatable bonds is 7. The zero-order valence-electron chi connectivity index (χ0n) is 14.6. The lowest BCUT2D eigenvalue weighted by molar-refractivity contribution is 0.0601. The molecule has 0 saturated heterocycles. The van der Waals surface area contributed by atoms with Gasteiger partial charge in [-0.15, -0.1) is 0 Å². The van der Waals surface area contributed by atoms with Crippen molar-refractivity contribution < 1.29 is 14.3 Å². The lowest BCUT2D eigenvalue weighted by Crippen LogP contribution is -2.31. The Bertz CT molecular complexity index is 747. The molecule has 0 aliphatic carbocycles. The molecule has 0 saturated carbocycles. The number of para-hydroxylation sites is 1. The minimum Gasteiger partial charge on any atom is -0.465 e. The van der Waals surface area contributed by atoms with Crippen molar-refractivity contribution in [2.24, 2.45) is 0 Å². The molecule has 2 aromatic rings. The van der Waals surface area contributed by atoms with Gasteiger partial charge in [0.05, 0.1) is 18.4 Å². The zero-order chi connectivity index (χ0) is 18.2. The van der Waals surface area contributed by atoms with E-state index in [1.165, 1.54) is 7.11 Å². The molecular weight excluding hydrogens is 320 g/mol. The van der Waals surface area contributed by atoms with Gasteiger partial charge in [-0.3, -0.25) is 4.79 Å². The lowest BCUT2D eigenvalue weighted by atomic mass is 10.1. The second-order valence-corrected chi connectivity index (χ2v) is 5.65. The Morgan fingerprint density at radius 1 is 1.20 bits per heavy atom. The first-order chi connectivity index (χ1) is 12.0. The fourth-order valence-corrected chi connectivity index (χ4v) is 2.15. The second kappa shape index (κ2) is 8.79. The molecule has 7 nitrogen and oxygen atoms in total. The van der Waals surface area contributed by atoms with Crippen molar-refractivity contribution in [1.29, 1.82) is 0 Å². The number of hydrogen-bond donors (Lipinski definition) is 2. The van der Waals surface area contributed by atoms with Gasteiger partial charge in [0.15, 0.2) is 0 Å². The van der Waals surface area contributed by atoms with Crippen LogP contribution in [0.15, 0.2) is 42.6 Å². The quantitative estimate of drug-likeness (QED) is 0.748. The molecule has 132 valence electrons. The van der Waals surface area contributed by atoms with Crippen molar-refractivity contribution in [3.05, 3.63) is 53.7 Å². The van der Waals surface area contributed by atoms with E-state index < -0.39 is 5.97 Å². The van der Waals surface area contributed by atoms with Gasteiger partial charge in [-0.05, 0) is 38.4 Å². The first kappa shape index (κ1) is 18.4. The van der Waals surface area contributed by atoms with E-state index in [1.54, 1.807) is 42.6 Å². The topological polar surface area (TPSA) is 83.6 Å². The summed E-state index contributed by atoms with van der Waals surface area (Å²) >= 11 is 0. The molecule has 0 radical (unpaired) electrons. The molecule has 1 heterocycles. The molecule has 1 aromatic carbocycles. The summed E-state index contributed by atoms with van der Waals surface area (Å²) in [7, 11) is 5.22. The van der Waals surface area contributed by atoms with E-state index in [1.807, 2.05) is 19.0 Å². The Labute approximate surface area is 147 Å². The van der Waals surface area contributed by atoms with Crippen LogP contribution >= 0.6 is 0 Å². The minimum atomic E-state index is -0.444. The largest absolute Gasteiger partial charge is 0.465 e. The Balaban J connectivity index is 2.12. The summed E-state index contributed by atoms with van der Waals surface area (Å²) in [5.74, 6) is -0.147. The van der Waals surface area contributed by atoms with Gasteiger partial charge in [0, 0.05) is 24.8 Å². The highest BCUT2D eigenvalue weighted by Gasteiger charge is 2.12. The number of anilines is 2. The van der Waals surface area contributed by atoms with Gasteiger partial charge in [0.1, 0.15) is 5.82 Å². The molecule has 0 atom stereocenters. The molecule has 1 amide bonds. The van der Waals surface area contributed by atoms with E-state index in [0.717, 1.165) is 6.54 Å². The molecule has 1 aromatic heterocycles. The summed E-state index contributed by atoms with van der Waals surface area (Å²) in [5, 5.41) is 5.91. The van der Waals surface area contributed by atoms with Gasteiger partial charge in [0.2, 0.25) is 0 Å². The van der Waals surface area contributed by atoms with E-state index >= 15 is 0 Å². The summed E-state index contributed by atoms with van der Waals surface area (Å²) in [6.07, 6.45) is 1.55. The third kappa shape index (κ3) is 5.29. The number of benzene rings is 1. The number of aromatic nitrogens is 1. The maximum absolute atomic E-state index is 12.2. The first-order valence-corrected chi connectivity index (χ1v) is 7.84. The molecule has 0 aliphatic heterocycles. The summed E-state index contributed by atoms with van der Waals surface area (Å²) in [4.78, 5) is 30.2. The van der Waals surface area contributed by atoms with E-state index in [-0.39, 0.29) is 5.91 Å². The molecule has 25 heavy (non-hydrogen) atoms. The number of amides is 1. The van der Waals surface area contributed by atoms with Crippen LogP contribution in [-0.4, -0.2) is 56.1 Å².